The molecule has 0 radical (unpaired) electrons. The molecule has 1 aromatic heterocycles. The number of carbonyl (C=O) groups is 2. The van der Waals surface area contributed by atoms with Crippen LogP contribution in [0.2, 0.25) is 0 Å². The van der Waals surface area contributed by atoms with Gasteiger partial charge in [-0.3, -0.25) is 14.6 Å². The SMILES string of the molecule is COC(=O)C(C)CN(Cc1ccncc1)C(=O)COc1ccccc1. The van der Waals surface area contributed by atoms with Gasteiger partial charge in [-0.15, -0.1) is 0 Å². The molecule has 1 atom stereocenters. The van der Waals surface area contributed by atoms with Gasteiger partial charge in [0.2, 0.25) is 0 Å². The lowest BCUT2D eigenvalue weighted by molar-refractivity contribution is -0.147. The van der Waals surface area contributed by atoms with Gasteiger partial charge in [0.15, 0.2) is 6.61 Å². The molecule has 0 fully saturated rings. The zero-order valence-electron chi connectivity index (χ0n) is 14.4. The molecule has 0 saturated heterocycles. The smallest absolute Gasteiger partial charge is 0.310 e. The van der Waals surface area contributed by atoms with Crippen LogP contribution in [0, 0.1) is 5.92 Å². The van der Waals surface area contributed by atoms with Gasteiger partial charge in [-0.1, -0.05) is 25.1 Å². The van der Waals surface area contributed by atoms with Crippen molar-refractivity contribution in [3.63, 3.8) is 0 Å². The summed E-state index contributed by atoms with van der Waals surface area (Å²) in [6, 6.07) is 12.8. The molecule has 132 valence electrons. The van der Waals surface area contributed by atoms with Crippen molar-refractivity contribution < 1.29 is 19.1 Å². The van der Waals surface area contributed by atoms with Gasteiger partial charge in [0.1, 0.15) is 5.75 Å². The first kappa shape index (κ1) is 18.4. The maximum atomic E-state index is 12.6. The molecule has 1 aromatic carbocycles. The number of amides is 1. The first-order valence-electron chi connectivity index (χ1n) is 8.02. The number of para-hydroxylation sites is 1. The Hall–Kier alpha value is -2.89. The maximum Gasteiger partial charge on any atom is 0.310 e. The highest BCUT2D eigenvalue weighted by Crippen LogP contribution is 2.11. The molecule has 0 aliphatic heterocycles. The summed E-state index contributed by atoms with van der Waals surface area (Å²) in [4.78, 5) is 29.9. The molecule has 1 amide bonds. The number of benzene rings is 1. The van der Waals surface area contributed by atoms with Gasteiger partial charge in [0.25, 0.3) is 5.91 Å². The van der Waals surface area contributed by atoms with Gasteiger partial charge < -0.3 is 14.4 Å². The molecule has 1 heterocycles. The molecule has 0 N–H and O–H groups in total. The topological polar surface area (TPSA) is 68.7 Å². The predicted octanol–water partition coefficient (Wildman–Crippen LogP) is 2.30. The molecule has 0 bridgehead atoms. The number of ether oxygens (including phenoxy) is 2. The van der Waals surface area contributed by atoms with Gasteiger partial charge >= 0.3 is 5.97 Å². The van der Waals surface area contributed by atoms with Crippen molar-refractivity contribution in [2.75, 3.05) is 20.3 Å². The molecule has 0 spiro atoms. The minimum Gasteiger partial charge on any atom is -0.484 e. The van der Waals surface area contributed by atoms with Gasteiger partial charge in [-0.05, 0) is 29.8 Å². The monoisotopic (exact) mass is 342 g/mol. The van der Waals surface area contributed by atoms with E-state index in [-0.39, 0.29) is 25.0 Å². The Balaban J connectivity index is 2.03. The van der Waals surface area contributed by atoms with Crippen molar-refractivity contribution in [3.05, 3.63) is 60.4 Å². The molecule has 6 nitrogen and oxygen atoms in total. The predicted molar refractivity (Wildman–Crippen MR) is 92.8 cm³/mol. The third-order valence-corrected chi connectivity index (χ3v) is 3.68. The van der Waals surface area contributed by atoms with Crippen LogP contribution in [-0.2, 0) is 20.9 Å². The summed E-state index contributed by atoms with van der Waals surface area (Å²) in [5.74, 6) is -0.346. The number of esters is 1. The van der Waals surface area contributed by atoms with Crippen LogP contribution in [-0.4, -0.2) is 42.0 Å². The summed E-state index contributed by atoms with van der Waals surface area (Å²) in [6.45, 7) is 2.27. The van der Waals surface area contributed by atoms with E-state index in [9.17, 15) is 9.59 Å². The van der Waals surface area contributed by atoms with Crippen LogP contribution in [0.1, 0.15) is 12.5 Å². The van der Waals surface area contributed by atoms with Crippen LogP contribution < -0.4 is 4.74 Å². The van der Waals surface area contributed by atoms with Crippen LogP contribution in [0.25, 0.3) is 0 Å². The average molecular weight is 342 g/mol. The summed E-state index contributed by atoms with van der Waals surface area (Å²) < 4.78 is 10.3. The lowest BCUT2D eigenvalue weighted by atomic mass is 10.1. The van der Waals surface area contributed by atoms with Crippen LogP contribution >= 0.6 is 0 Å². The second kappa shape index (κ2) is 9.42. The van der Waals surface area contributed by atoms with E-state index in [1.54, 1.807) is 36.4 Å². The van der Waals surface area contributed by atoms with Crippen LogP contribution in [0.4, 0.5) is 0 Å². The molecule has 0 aliphatic carbocycles. The molecule has 0 saturated carbocycles. The van der Waals surface area contributed by atoms with E-state index >= 15 is 0 Å². The van der Waals surface area contributed by atoms with E-state index in [0.717, 1.165) is 5.56 Å². The zero-order chi connectivity index (χ0) is 18.1. The first-order valence-corrected chi connectivity index (χ1v) is 8.02. The largest absolute Gasteiger partial charge is 0.484 e. The van der Waals surface area contributed by atoms with Crippen molar-refractivity contribution in [2.24, 2.45) is 5.92 Å². The fourth-order valence-electron chi connectivity index (χ4n) is 2.32. The van der Waals surface area contributed by atoms with E-state index in [2.05, 4.69) is 4.98 Å². The number of carbonyl (C=O) groups excluding carboxylic acids is 2. The van der Waals surface area contributed by atoms with Gasteiger partial charge in [-0.2, -0.15) is 0 Å². The number of hydrogen-bond donors (Lipinski definition) is 0. The highest BCUT2D eigenvalue weighted by Gasteiger charge is 2.22. The van der Waals surface area contributed by atoms with E-state index < -0.39 is 5.92 Å². The highest BCUT2D eigenvalue weighted by atomic mass is 16.5. The summed E-state index contributed by atoms with van der Waals surface area (Å²) in [6.07, 6.45) is 3.34. The number of rotatable bonds is 8. The van der Waals surface area contributed by atoms with Crippen LogP contribution in [0.15, 0.2) is 54.9 Å². The van der Waals surface area contributed by atoms with Crippen LogP contribution in [0.3, 0.4) is 0 Å². The second-order valence-corrected chi connectivity index (χ2v) is 5.66. The lowest BCUT2D eigenvalue weighted by Crippen LogP contribution is -2.39. The van der Waals surface area contributed by atoms with E-state index in [1.807, 2.05) is 30.3 Å². The minimum absolute atomic E-state index is 0.0943. The Bertz CT molecular complexity index is 676. The summed E-state index contributed by atoms with van der Waals surface area (Å²) in [7, 11) is 1.34. The first-order chi connectivity index (χ1) is 12.1. The Morgan fingerprint density at radius 3 is 2.44 bits per heavy atom. The molecular formula is C19H22N2O4. The normalized spacial score (nSPS) is 11.4. The van der Waals surface area contributed by atoms with Crippen molar-refractivity contribution in [3.8, 4) is 5.75 Å². The lowest BCUT2D eigenvalue weighted by Gasteiger charge is -2.25. The number of aromatic nitrogens is 1. The molecular weight excluding hydrogens is 320 g/mol. The van der Waals surface area contributed by atoms with Crippen molar-refractivity contribution in [2.45, 2.75) is 13.5 Å². The summed E-state index contributed by atoms with van der Waals surface area (Å²) >= 11 is 0. The molecule has 1 unspecified atom stereocenters. The summed E-state index contributed by atoms with van der Waals surface area (Å²) in [5, 5.41) is 0. The Labute approximate surface area is 147 Å². The summed E-state index contributed by atoms with van der Waals surface area (Å²) in [5.41, 5.74) is 0.931. The van der Waals surface area contributed by atoms with E-state index in [4.69, 9.17) is 9.47 Å². The molecule has 2 aromatic rings. The quantitative estimate of drug-likeness (QED) is 0.689. The molecule has 25 heavy (non-hydrogen) atoms. The van der Waals surface area contributed by atoms with Crippen molar-refractivity contribution in [1.82, 2.24) is 9.88 Å². The van der Waals surface area contributed by atoms with Crippen molar-refractivity contribution in [1.29, 1.82) is 0 Å². The minimum atomic E-state index is -0.424. The average Bonchev–Trinajstić information content (AvgIpc) is 2.66. The molecule has 2 rings (SSSR count). The van der Waals surface area contributed by atoms with E-state index in [1.165, 1.54) is 7.11 Å². The standard InChI is InChI=1S/C19H22N2O4/c1-15(19(23)24-2)12-21(13-16-8-10-20-11-9-16)18(22)14-25-17-6-4-3-5-7-17/h3-11,15H,12-14H2,1-2H3. The third kappa shape index (κ3) is 5.91. The Morgan fingerprint density at radius 1 is 1.12 bits per heavy atom. The van der Waals surface area contributed by atoms with Gasteiger partial charge in [0, 0.05) is 25.5 Å². The Morgan fingerprint density at radius 2 is 1.80 bits per heavy atom. The molecule has 6 heteroatoms. The van der Waals surface area contributed by atoms with Crippen LogP contribution in [0.5, 0.6) is 5.75 Å². The fourth-order valence-corrected chi connectivity index (χ4v) is 2.32. The molecule has 0 aliphatic rings. The second-order valence-electron chi connectivity index (χ2n) is 5.66. The zero-order valence-corrected chi connectivity index (χ0v) is 14.4. The number of pyridine rings is 1. The number of hydrogen-bond acceptors (Lipinski definition) is 5. The number of nitrogens with zero attached hydrogens (tertiary/aromatic N) is 2. The Kier molecular flexibility index (Phi) is 6.95. The fraction of sp³-hybridized carbons (Fsp3) is 0.316. The van der Waals surface area contributed by atoms with Crippen molar-refractivity contribution >= 4 is 11.9 Å². The highest BCUT2D eigenvalue weighted by molar-refractivity contribution is 5.79. The van der Waals surface area contributed by atoms with E-state index in [0.29, 0.717) is 12.3 Å². The third-order valence-electron chi connectivity index (χ3n) is 3.68. The maximum absolute atomic E-state index is 12.6. The van der Waals surface area contributed by atoms with Gasteiger partial charge in [-0.25, -0.2) is 0 Å². The number of methoxy groups -OCH3 is 1. The van der Waals surface area contributed by atoms with Gasteiger partial charge in [0.05, 0.1) is 13.0 Å².